The summed E-state index contributed by atoms with van der Waals surface area (Å²) < 4.78 is 26.1. The molecule has 0 heterocycles. The van der Waals surface area contributed by atoms with E-state index in [1.807, 2.05) is 42.5 Å². The van der Waals surface area contributed by atoms with Crippen molar-refractivity contribution in [2.24, 2.45) is 0 Å². The van der Waals surface area contributed by atoms with Crippen LogP contribution >= 0.6 is 11.6 Å². The van der Waals surface area contributed by atoms with Crippen molar-refractivity contribution in [2.45, 2.75) is 4.90 Å². The Morgan fingerprint density at radius 1 is 0.889 bits per heavy atom. The van der Waals surface area contributed by atoms with Crippen molar-refractivity contribution in [2.75, 3.05) is 12.4 Å². The fraction of sp³-hybridized carbons (Fsp3) is 0.0500. The Morgan fingerprint density at radius 2 is 1.52 bits per heavy atom. The van der Waals surface area contributed by atoms with Crippen molar-refractivity contribution in [3.8, 4) is 11.1 Å². The van der Waals surface area contributed by atoms with E-state index in [4.69, 9.17) is 11.6 Å². The molecule has 5 nitrogen and oxygen atoms in total. The smallest absolute Gasteiger partial charge is 0.257 e. The van der Waals surface area contributed by atoms with Gasteiger partial charge in [-0.05, 0) is 48.5 Å². The van der Waals surface area contributed by atoms with Crippen LogP contribution in [0.1, 0.15) is 10.4 Å². The van der Waals surface area contributed by atoms with E-state index in [9.17, 15) is 13.2 Å². The molecule has 0 aliphatic carbocycles. The van der Waals surface area contributed by atoms with E-state index in [2.05, 4.69) is 10.0 Å². The lowest BCUT2D eigenvalue weighted by atomic mass is 10.1. The fourth-order valence-electron chi connectivity index (χ4n) is 2.54. The minimum atomic E-state index is -3.67. The predicted octanol–water partition coefficient (Wildman–Crippen LogP) is 4.17. The summed E-state index contributed by atoms with van der Waals surface area (Å²) in [5, 5.41) is 2.91. The van der Waals surface area contributed by atoms with Gasteiger partial charge in [-0.25, -0.2) is 13.1 Å². The Bertz CT molecular complexity index is 1070. The molecular weight excluding hydrogens is 384 g/mol. The molecule has 0 radical (unpaired) electrons. The zero-order valence-electron chi connectivity index (χ0n) is 14.4. The van der Waals surface area contributed by atoms with Crippen molar-refractivity contribution >= 4 is 33.2 Å². The van der Waals surface area contributed by atoms with Crippen LogP contribution in [0.15, 0.2) is 77.7 Å². The quantitative estimate of drug-likeness (QED) is 0.675. The molecule has 0 saturated heterocycles. The van der Waals surface area contributed by atoms with E-state index in [1.165, 1.54) is 25.2 Å². The maximum atomic E-state index is 12.5. The summed E-state index contributed by atoms with van der Waals surface area (Å²) in [5.41, 5.74) is 2.76. The second-order valence-electron chi connectivity index (χ2n) is 5.75. The topological polar surface area (TPSA) is 75.3 Å². The molecule has 138 valence electrons. The van der Waals surface area contributed by atoms with Gasteiger partial charge in [0, 0.05) is 5.69 Å². The minimum Gasteiger partial charge on any atom is -0.322 e. The molecule has 2 N–H and O–H groups in total. The van der Waals surface area contributed by atoms with E-state index < -0.39 is 15.9 Å². The number of anilines is 1. The summed E-state index contributed by atoms with van der Waals surface area (Å²) in [4.78, 5) is 12.5. The van der Waals surface area contributed by atoms with E-state index in [-0.39, 0.29) is 15.5 Å². The number of hydrogen-bond acceptors (Lipinski definition) is 3. The van der Waals surface area contributed by atoms with Crippen molar-refractivity contribution in [3.63, 3.8) is 0 Å². The van der Waals surface area contributed by atoms with Gasteiger partial charge in [-0.1, -0.05) is 54.1 Å². The van der Waals surface area contributed by atoms with Gasteiger partial charge in [-0.2, -0.15) is 0 Å². The molecule has 0 bridgehead atoms. The number of carbonyl (C=O) groups excluding carboxylic acids is 1. The summed E-state index contributed by atoms with van der Waals surface area (Å²) in [5.74, 6) is -0.486. The first-order valence-electron chi connectivity index (χ1n) is 8.10. The first-order valence-corrected chi connectivity index (χ1v) is 9.97. The Morgan fingerprint density at radius 3 is 2.15 bits per heavy atom. The maximum absolute atomic E-state index is 12.5. The number of nitrogens with one attached hydrogen (secondary N) is 2. The van der Waals surface area contributed by atoms with E-state index in [1.54, 1.807) is 12.1 Å². The van der Waals surface area contributed by atoms with Gasteiger partial charge in [0.1, 0.15) is 0 Å². The summed E-state index contributed by atoms with van der Waals surface area (Å²) in [7, 11) is -2.37. The third kappa shape index (κ3) is 4.36. The standard InChI is InChI=1S/C20H17ClN2O3S/c1-22-27(25,26)17-11-12-19(21)18(13-17)20(24)23-16-9-7-15(8-10-16)14-5-3-2-4-6-14/h2-13,22H,1H3,(H,23,24). The summed E-state index contributed by atoms with van der Waals surface area (Å²) in [6.07, 6.45) is 0. The fourth-order valence-corrected chi connectivity index (χ4v) is 3.50. The minimum absolute atomic E-state index is 0.0287. The predicted molar refractivity (Wildman–Crippen MR) is 108 cm³/mol. The van der Waals surface area contributed by atoms with Crippen LogP contribution in [-0.2, 0) is 10.0 Å². The van der Waals surface area contributed by atoms with Gasteiger partial charge in [-0.3, -0.25) is 4.79 Å². The van der Waals surface area contributed by atoms with Crippen LogP contribution in [0.4, 0.5) is 5.69 Å². The molecule has 3 rings (SSSR count). The van der Waals surface area contributed by atoms with Crippen molar-refractivity contribution in [1.29, 1.82) is 0 Å². The molecular formula is C20H17ClN2O3S. The first-order chi connectivity index (χ1) is 12.9. The molecule has 0 aliphatic heterocycles. The van der Waals surface area contributed by atoms with Crippen LogP contribution < -0.4 is 10.0 Å². The van der Waals surface area contributed by atoms with Crippen LogP contribution in [0.2, 0.25) is 5.02 Å². The van der Waals surface area contributed by atoms with Crippen LogP contribution in [0, 0.1) is 0 Å². The maximum Gasteiger partial charge on any atom is 0.257 e. The summed E-state index contributed by atoms with van der Waals surface area (Å²) >= 11 is 6.08. The van der Waals surface area contributed by atoms with Gasteiger partial charge in [0.05, 0.1) is 15.5 Å². The van der Waals surface area contributed by atoms with Crippen LogP contribution in [-0.4, -0.2) is 21.4 Å². The van der Waals surface area contributed by atoms with E-state index in [0.29, 0.717) is 5.69 Å². The molecule has 7 heteroatoms. The lowest BCUT2D eigenvalue weighted by molar-refractivity contribution is 0.102. The van der Waals surface area contributed by atoms with Crippen molar-refractivity contribution < 1.29 is 13.2 Å². The number of rotatable bonds is 5. The lowest BCUT2D eigenvalue weighted by Crippen LogP contribution is -2.20. The Kier molecular flexibility index (Phi) is 5.60. The highest BCUT2D eigenvalue weighted by atomic mass is 35.5. The highest BCUT2D eigenvalue weighted by Crippen LogP contribution is 2.24. The number of amides is 1. The first kappa shape index (κ1) is 19.1. The number of benzene rings is 3. The number of carbonyl (C=O) groups is 1. The average molecular weight is 401 g/mol. The molecule has 27 heavy (non-hydrogen) atoms. The van der Waals surface area contributed by atoms with Crippen LogP contribution in [0.25, 0.3) is 11.1 Å². The van der Waals surface area contributed by atoms with Gasteiger partial charge in [0.25, 0.3) is 5.91 Å². The average Bonchev–Trinajstić information content (AvgIpc) is 2.69. The molecule has 0 unspecified atom stereocenters. The monoisotopic (exact) mass is 400 g/mol. The number of hydrogen-bond donors (Lipinski definition) is 2. The molecule has 0 aliphatic rings. The Hall–Kier alpha value is -2.67. The lowest BCUT2D eigenvalue weighted by Gasteiger charge is -2.10. The Balaban J connectivity index is 1.82. The second kappa shape index (κ2) is 7.92. The zero-order chi connectivity index (χ0) is 19.4. The van der Waals surface area contributed by atoms with Gasteiger partial charge in [-0.15, -0.1) is 0 Å². The summed E-state index contributed by atoms with van der Waals surface area (Å²) in [6.45, 7) is 0. The van der Waals surface area contributed by atoms with Crippen LogP contribution in [0.3, 0.4) is 0 Å². The zero-order valence-corrected chi connectivity index (χ0v) is 16.0. The van der Waals surface area contributed by atoms with Gasteiger partial charge >= 0.3 is 0 Å². The molecule has 3 aromatic rings. The molecule has 0 spiro atoms. The molecule has 0 atom stereocenters. The molecule has 3 aromatic carbocycles. The summed E-state index contributed by atoms with van der Waals surface area (Å²) in [6, 6.07) is 21.2. The Labute approximate surface area is 163 Å². The van der Waals surface area contributed by atoms with Crippen LogP contribution in [0.5, 0.6) is 0 Å². The highest BCUT2D eigenvalue weighted by molar-refractivity contribution is 7.89. The third-order valence-electron chi connectivity index (χ3n) is 4.01. The number of sulfonamides is 1. The van der Waals surface area contributed by atoms with E-state index >= 15 is 0 Å². The van der Waals surface area contributed by atoms with Crippen molar-refractivity contribution in [1.82, 2.24) is 4.72 Å². The molecule has 0 saturated carbocycles. The SMILES string of the molecule is CNS(=O)(=O)c1ccc(Cl)c(C(=O)Nc2ccc(-c3ccccc3)cc2)c1. The third-order valence-corrected chi connectivity index (χ3v) is 5.75. The highest BCUT2D eigenvalue weighted by Gasteiger charge is 2.17. The molecule has 1 amide bonds. The van der Waals surface area contributed by atoms with Gasteiger partial charge in [0.15, 0.2) is 0 Å². The molecule has 0 fully saturated rings. The second-order valence-corrected chi connectivity index (χ2v) is 8.04. The number of halogens is 1. The largest absolute Gasteiger partial charge is 0.322 e. The molecule has 0 aromatic heterocycles. The van der Waals surface area contributed by atoms with Gasteiger partial charge in [0.2, 0.25) is 10.0 Å². The van der Waals surface area contributed by atoms with E-state index in [0.717, 1.165) is 11.1 Å². The van der Waals surface area contributed by atoms with Crippen molar-refractivity contribution in [3.05, 3.63) is 83.4 Å². The normalized spacial score (nSPS) is 11.2. The van der Waals surface area contributed by atoms with Gasteiger partial charge < -0.3 is 5.32 Å².